The Bertz CT molecular complexity index is 649. The van der Waals surface area contributed by atoms with E-state index in [4.69, 9.17) is 0 Å². The van der Waals surface area contributed by atoms with E-state index in [1.54, 1.807) is 15.3 Å². The van der Waals surface area contributed by atoms with Crippen LogP contribution < -0.4 is 0 Å². The SMILES string of the molecule is CCN1C[C@@H]2CCN(C(=O)c3ccnnc3)CC[C@H]2S1(=O)=O. The van der Waals surface area contributed by atoms with Gasteiger partial charge in [-0.15, -0.1) is 0 Å². The van der Waals surface area contributed by atoms with Gasteiger partial charge in [-0.05, 0) is 24.8 Å². The average Bonchev–Trinajstić information content (AvgIpc) is 2.68. The number of rotatable bonds is 2. The molecule has 0 aliphatic carbocycles. The van der Waals surface area contributed by atoms with Crippen molar-refractivity contribution in [1.29, 1.82) is 0 Å². The molecule has 2 aliphatic rings. The maximum absolute atomic E-state index is 12.5. The molecule has 0 spiro atoms. The van der Waals surface area contributed by atoms with Gasteiger partial charge in [-0.3, -0.25) is 4.79 Å². The van der Waals surface area contributed by atoms with Crippen molar-refractivity contribution in [3.63, 3.8) is 0 Å². The number of aromatic nitrogens is 2. The van der Waals surface area contributed by atoms with Crippen LogP contribution in [0.4, 0.5) is 0 Å². The standard InChI is InChI=1S/C14H20N4O3S/c1-2-18-10-12-4-7-17(8-5-13(12)22(18,20)21)14(19)11-3-6-15-16-9-11/h3,6,9,12-13H,2,4-5,7-8,10H2,1H3/t12-,13+/m0/s1. The lowest BCUT2D eigenvalue weighted by Gasteiger charge is -2.21. The van der Waals surface area contributed by atoms with Gasteiger partial charge in [0, 0.05) is 26.2 Å². The first kappa shape index (κ1) is 15.4. The third-order valence-corrected chi connectivity index (χ3v) is 7.14. The summed E-state index contributed by atoms with van der Waals surface area (Å²) in [6, 6.07) is 1.64. The number of nitrogens with zero attached hydrogens (tertiary/aromatic N) is 4. The van der Waals surface area contributed by atoms with Crippen LogP contribution in [0.1, 0.15) is 30.1 Å². The molecule has 0 bridgehead atoms. The summed E-state index contributed by atoms with van der Waals surface area (Å²) in [6.45, 7) is 4.05. The summed E-state index contributed by atoms with van der Waals surface area (Å²) in [7, 11) is -3.20. The molecule has 0 N–H and O–H groups in total. The molecule has 0 unspecified atom stereocenters. The summed E-state index contributed by atoms with van der Waals surface area (Å²) >= 11 is 0. The van der Waals surface area contributed by atoms with Gasteiger partial charge in [0.2, 0.25) is 10.0 Å². The summed E-state index contributed by atoms with van der Waals surface area (Å²) in [5.41, 5.74) is 0.500. The summed E-state index contributed by atoms with van der Waals surface area (Å²) in [4.78, 5) is 14.2. The Morgan fingerprint density at radius 1 is 1.32 bits per heavy atom. The molecule has 8 heteroatoms. The van der Waals surface area contributed by atoms with Crippen LogP contribution >= 0.6 is 0 Å². The first-order valence-electron chi connectivity index (χ1n) is 7.59. The third kappa shape index (κ3) is 2.61. The molecule has 2 atom stereocenters. The molecule has 3 rings (SSSR count). The molecular weight excluding hydrogens is 304 g/mol. The Balaban J connectivity index is 1.74. The van der Waals surface area contributed by atoms with Gasteiger partial charge in [-0.2, -0.15) is 10.2 Å². The van der Waals surface area contributed by atoms with Crippen molar-refractivity contribution in [2.45, 2.75) is 25.0 Å². The monoisotopic (exact) mass is 324 g/mol. The molecule has 0 aromatic carbocycles. The van der Waals surface area contributed by atoms with Crippen LogP contribution in [0.15, 0.2) is 18.5 Å². The van der Waals surface area contributed by atoms with Gasteiger partial charge < -0.3 is 4.90 Å². The maximum Gasteiger partial charge on any atom is 0.255 e. The molecule has 1 aromatic heterocycles. The van der Waals surface area contributed by atoms with Crippen LogP contribution in [0.2, 0.25) is 0 Å². The highest BCUT2D eigenvalue weighted by Crippen LogP contribution is 2.34. The first-order valence-corrected chi connectivity index (χ1v) is 9.09. The van der Waals surface area contributed by atoms with Crippen LogP contribution in [-0.2, 0) is 10.0 Å². The maximum atomic E-state index is 12.5. The van der Waals surface area contributed by atoms with E-state index >= 15 is 0 Å². The Morgan fingerprint density at radius 3 is 2.77 bits per heavy atom. The zero-order valence-corrected chi connectivity index (χ0v) is 13.4. The Kier molecular flexibility index (Phi) is 4.14. The van der Waals surface area contributed by atoms with Gasteiger partial charge in [-0.1, -0.05) is 6.92 Å². The molecule has 2 saturated heterocycles. The number of likely N-dealkylation sites (tertiary alicyclic amines) is 1. The lowest BCUT2D eigenvalue weighted by atomic mass is 10.0. The fraction of sp³-hybridized carbons (Fsp3) is 0.643. The molecule has 2 fully saturated rings. The second kappa shape index (κ2) is 5.92. The second-order valence-electron chi connectivity index (χ2n) is 5.79. The predicted octanol–water partition coefficient (Wildman–Crippen LogP) is 0.363. The van der Waals surface area contributed by atoms with Crippen molar-refractivity contribution in [3.05, 3.63) is 24.0 Å². The van der Waals surface area contributed by atoms with Gasteiger partial charge in [-0.25, -0.2) is 12.7 Å². The summed E-state index contributed by atoms with van der Waals surface area (Å²) in [5, 5.41) is 7.05. The second-order valence-corrected chi connectivity index (χ2v) is 7.95. The topological polar surface area (TPSA) is 83.5 Å². The van der Waals surface area contributed by atoms with Crippen molar-refractivity contribution >= 4 is 15.9 Å². The fourth-order valence-electron chi connectivity index (χ4n) is 3.41. The minimum absolute atomic E-state index is 0.0976. The van der Waals surface area contributed by atoms with E-state index < -0.39 is 10.0 Å². The van der Waals surface area contributed by atoms with Crippen molar-refractivity contribution in [2.75, 3.05) is 26.2 Å². The van der Waals surface area contributed by atoms with Gasteiger partial charge in [0.1, 0.15) is 0 Å². The molecule has 7 nitrogen and oxygen atoms in total. The van der Waals surface area contributed by atoms with Crippen LogP contribution in [0.3, 0.4) is 0 Å². The van der Waals surface area contributed by atoms with Crippen LogP contribution in [0.25, 0.3) is 0 Å². The van der Waals surface area contributed by atoms with Crippen molar-refractivity contribution < 1.29 is 13.2 Å². The van der Waals surface area contributed by atoms with Crippen LogP contribution in [0.5, 0.6) is 0 Å². The van der Waals surface area contributed by atoms with Crippen molar-refractivity contribution in [1.82, 2.24) is 19.4 Å². The van der Waals surface area contributed by atoms with E-state index in [9.17, 15) is 13.2 Å². The summed E-state index contributed by atoms with van der Waals surface area (Å²) in [6.07, 6.45) is 4.17. The minimum atomic E-state index is -3.20. The minimum Gasteiger partial charge on any atom is -0.339 e. The Morgan fingerprint density at radius 2 is 2.09 bits per heavy atom. The van der Waals surface area contributed by atoms with E-state index in [0.717, 1.165) is 6.42 Å². The van der Waals surface area contributed by atoms with Crippen molar-refractivity contribution in [2.24, 2.45) is 5.92 Å². The summed E-state index contributed by atoms with van der Waals surface area (Å²) < 4.78 is 26.5. The molecule has 0 radical (unpaired) electrons. The zero-order chi connectivity index (χ0) is 15.7. The smallest absolute Gasteiger partial charge is 0.255 e. The first-order chi connectivity index (χ1) is 10.5. The Hall–Kier alpha value is -1.54. The number of hydrogen-bond acceptors (Lipinski definition) is 5. The van der Waals surface area contributed by atoms with Crippen molar-refractivity contribution in [3.8, 4) is 0 Å². The predicted molar refractivity (Wildman–Crippen MR) is 80.6 cm³/mol. The van der Waals surface area contributed by atoms with E-state index in [1.807, 2.05) is 6.92 Å². The van der Waals surface area contributed by atoms with E-state index in [1.165, 1.54) is 12.4 Å². The summed E-state index contributed by atoms with van der Waals surface area (Å²) in [5.74, 6) is 0.0259. The van der Waals surface area contributed by atoms with Crippen LogP contribution in [0, 0.1) is 5.92 Å². The molecule has 120 valence electrons. The average molecular weight is 324 g/mol. The van der Waals surface area contributed by atoms with E-state index in [0.29, 0.717) is 38.2 Å². The number of fused-ring (bicyclic) bond motifs is 1. The zero-order valence-electron chi connectivity index (χ0n) is 12.6. The molecule has 1 aromatic rings. The highest BCUT2D eigenvalue weighted by molar-refractivity contribution is 7.90. The van der Waals surface area contributed by atoms with Gasteiger partial charge >= 0.3 is 0 Å². The van der Waals surface area contributed by atoms with Crippen LogP contribution in [-0.4, -0.2) is 65.2 Å². The quantitative estimate of drug-likeness (QED) is 0.784. The van der Waals surface area contributed by atoms with Gasteiger partial charge in [0.25, 0.3) is 5.91 Å². The van der Waals surface area contributed by atoms with E-state index in [-0.39, 0.29) is 17.1 Å². The largest absolute Gasteiger partial charge is 0.339 e. The fourth-order valence-corrected chi connectivity index (χ4v) is 5.66. The molecule has 0 saturated carbocycles. The number of sulfonamides is 1. The molecule has 3 heterocycles. The molecule has 22 heavy (non-hydrogen) atoms. The number of carbonyl (C=O) groups excluding carboxylic acids is 1. The van der Waals surface area contributed by atoms with Gasteiger partial charge in [0.15, 0.2) is 0 Å². The normalized spacial score (nSPS) is 28.1. The number of amides is 1. The lowest BCUT2D eigenvalue weighted by Crippen LogP contribution is -2.34. The third-order valence-electron chi connectivity index (χ3n) is 4.63. The highest BCUT2D eigenvalue weighted by atomic mass is 32.2. The lowest BCUT2D eigenvalue weighted by molar-refractivity contribution is 0.0758. The molecule has 2 aliphatic heterocycles. The van der Waals surface area contributed by atoms with Gasteiger partial charge in [0.05, 0.1) is 23.2 Å². The Labute approximate surface area is 130 Å². The highest BCUT2D eigenvalue weighted by Gasteiger charge is 2.46. The molecule has 1 amide bonds. The molecular formula is C14H20N4O3S. The number of carbonyl (C=O) groups is 1. The number of hydrogen-bond donors (Lipinski definition) is 0. The van der Waals surface area contributed by atoms with E-state index in [2.05, 4.69) is 10.2 Å².